The molecule has 6 aliphatic rings. The van der Waals surface area contributed by atoms with Crippen LogP contribution in [-0.2, 0) is 31.2 Å². The van der Waals surface area contributed by atoms with E-state index in [4.69, 9.17) is 0 Å². The van der Waals surface area contributed by atoms with Crippen molar-refractivity contribution in [2.75, 3.05) is 37.0 Å². The average molecular weight is 1170 g/mol. The molecule has 0 saturated heterocycles. The zero-order chi connectivity index (χ0) is 61.9. The van der Waals surface area contributed by atoms with E-state index in [1.54, 1.807) is 0 Å². The standard InChI is InChI=1S/C80H86N4O4/c1-13-15-17-19-21-27-41-83-63-39-35-49-29-23-25-31-53(49)69(63)79(7,8)67(83)47-59-73(85)57(74(59)86)45-65-77(3,4)61-37-33-51-44-56-52(43-55(51)71(61)81(65)11)34-38-62-72(56)82(12)66(78(62,5)6)46-58-75(87)60(76(58)88)48-68-80(9,10)70-54-32-26-24-30-50(54)36-40-64(70)84(68)42-28-22-20-18-16-14-2/h23-26,29-40,43-48H,13-22,27-28,41-42H2,1-12H3/p+2. The highest BCUT2D eigenvalue weighted by molar-refractivity contribution is 6.26. The number of ketones is 2. The van der Waals surface area contributed by atoms with E-state index in [0.29, 0.717) is 22.3 Å². The van der Waals surface area contributed by atoms with Crippen molar-refractivity contribution in [1.29, 1.82) is 0 Å². The summed E-state index contributed by atoms with van der Waals surface area (Å²) >= 11 is 0. The molecule has 0 saturated carbocycles. The number of aliphatic hydroxyl groups excluding tert-OH is 2. The number of rotatable bonds is 18. The van der Waals surface area contributed by atoms with Crippen molar-refractivity contribution < 1.29 is 29.0 Å². The number of fused-ring (bicyclic) bond motifs is 12. The maximum absolute atomic E-state index is 14.6. The molecular formula is C80H88N4O4+2. The van der Waals surface area contributed by atoms with E-state index in [9.17, 15) is 19.8 Å². The first-order chi connectivity index (χ1) is 42.1. The fraction of sp³-hybridized carbons (Fsp3) is 0.375. The molecule has 0 spiro atoms. The van der Waals surface area contributed by atoms with Gasteiger partial charge in [0, 0.05) is 70.0 Å². The summed E-state index contributed by atoms with van der Waals surface area (Å²) in [6.07, 6.45) is 22.1. The van der Waals surface area contributed by atoms with Gasteiger partial charge in [0.2, 0.25) is 22.9 Å². The maximum atomic E-state index is 14.6. The Morgan fingerprint density at radius 2 is 0.784 bits per heavy atom. The molecule has 2 N–H and O–H groups in total. The molecule has 0 fully saturated rings. The van der Waals surface area contributed by atoms with Crippen molar-refractivity contribution >= 4 is 88.8 Å². The van der Waals surface area contributed by atoms with Crippen molar-refractivity contribution in [3.8, 4) is 0 Å². The molecule has 8 nitrogen and oxygen atoms in total. The molecule has 7 aromatic carbocycles. The van der Waals surface area contributed by atoms with Crippen LogP contribution in [0, 0.1) is 0 Å². The second kappa shape index (κ2) is 21.9. The second-order valence-electron chi connectivity index (χ2n) is 28.2. The van der Waals surface area contributed by atoms with Crippen LogP contribution >= 0.6 is 0 Å². The number of hydrogen-bond donors (Lipinski definition) is 2. The Kier molecular flexibility index (Phi) is 14.6. The SMILES string of the molecule is CCCCCCCCN1/C(=C\C2=C(O)C(=C/C3=[N+](C)c4c(ccc5cc6c7c(ccc6cc45)C(C)(C)C(/C=C4\C(=O)C(/C=C5\N(CCCCCCCC)c6ccc8ccccc8c6C5(C)C)=C4O)=[N+]7C)C3(C)C)/C2=O)C(C)(C)c2c1ccc1ccccc21. The van der Waals surface area contributed by atoms with Crippen LogP contribution < -0.4 is 9.80 Å². The zero-order valence-corrected chi connectivity index (χ0v) is 54.1. The highest BCUT2D eigenvalue weighted by Crippen LogP contribution is 2.55. The number of allylic oxidation sites excluding steroid dienone is 10. The van der Waals surface area contributed by atoms with Gasteiger partial charge in [0.25, 0.3) is 0 Å². The molecule has 8 heteroatoms. The third kappa shape index (κ3) is 9.03. The van der Waals surface area contributed by atoms with Gasteiger partial charge < -0.3 is 20.0 Å². The predicted molar refractivity (Wildman–Crippen MR) is 366 cm³/mol. The first-order valence-electron chi connectivity index (χ1n) is 32.8. The molecule has 0 aromatic heterocycles. The fourth-order valence-electron chi connectivity index (χ4n) is 16.3. The first kappa shape index (κ1) is 58.9. The number of carbonyl (C=O) groups excluding carboxylic acids is 2. The molecule has 7 aromatic rings. The lowest BCUT2D eigenvalue weighted by atomic mass is 9.76. The average Bonchev–Trinajstić information content (AvgIpc) is 1.78. The van der Waals surface area contributed by atoms with Crippen molar-refractivity contribution in [2.45, 2.75) is 168 Å². The van der Waals surface area contributed by atoms with Crippen LogP contribution in [0.4, 0.5) is 22.7 Å². The van der Waals surface area contributed by atoms with Crippen LogP contribution in [0.5, 0.6) is 0 Å². The van der Waals surface area contributed by atoms with Gasteiger partial charge in [-0.3, -0.25) is 9.59 Å². The van der Waals surface area contributed by atoms with E-state index in [1.165, 1.54) is 95.4 Å². The predicted octanol–water partition coefficient (Wildman–Crippen LogP) is 19.0. The normalized spacial score (nSPS) is 20.6. The Balaban J connectivity index is 0.820. The molecule has 2 aliphatic carbocycles. The number of benzene rings is 7. The van der Waals surface area contributed by atoms with Crippen molar-refractivity contribution in [1.82, 2.24) is 0 Å². The molecule has 0 unspecified atom stereocenters. The fourth-order valence-corrected chi connectivity index (χ4v) is 16.3. The number of carbonyl (C=O) groups is 2. The van der Waals surface area contributed by atoms with Gasteiger partial charge in [-0.2, -0.15) is 9.15 Å². The minimum atomic E-state index is -0.478. The summed E-state index contributed by atoms with van der Waals surface area (Å²) in [5.74, 6) is -0.174. The maximum Gasteiger partial charge on any atom is 0.217 e. The van der Waals surface area contributed by atoms with Gasteiger partial charge in [0.15, 0.2) is 11.4 Å². The molecule has 4 heterocycles. The molecule has 0 atom stereocenters. The lowest BCUT2D eigenvalue weighted by Gasteiger charge is -2.29. The van der Waals surface area contributed by atoms with Gasteiger partial charge in [-0.15, -0.1) is 0 Å². The van der Waals surface area contributed by atoms with Crippen LogP contribution in [0.25, 0.3) is 43.1 Å². The Hall–Kier alpha value is -8.10. The lowest BCUT2D eigenvalue weighted by molar-refractivity contribution is -0.400. The van der Waals surface area contributed by atoms with Gasteiger partial charge in [-0.05, 0) is 120 Å². The van der Waals surface area contributed by atoms with E-state index in [0.717, 1.165) is 106 Å². The lowest BCUT2D eigenvalue weighted by Crippen LogP contribution is -2.32. The summed E-state index contributed by atoms with van der Waals surface area (Å²) in [6.45, 7) is 24.1. The minimum Gasteiger partial charge on any atom is -0.506 e. The van der Waals surface area contributed by atoms with Gasteiger partial charge >= 0.3 is 0 Å². The molecule has 0 bridgehead atoms. The largest absolute Gasteiger partial charge is 0.506 e. The molecule has 88 heavy (non-hydrogen) atoms. The first-order valence-corrected chi connectivity index (χ1v) is 32.8. The summed E-state index contributed by atoms with van der Waals surface area (Å²) in [7, 11) is 4.17. The van der Waals surface area contributed by atoms with Gasteiger partial charge in [0.1, 0.15) is 25.6 Å². The molecular weight excluding hydrogens is 1080 g/mol. The Labute approximate surface area is 521 Å². The van der Waals surface area contributed by atoms with Crippen LogP contribution in [0.3, 0.4) is 0 Å². The van der Waals surface area contributed by atoms with Gasteiger partial charge in [0.05, 0.1) is 43.9 Å². The topological polar surface area (TPSA) is 87.1 Å². The summed E-state index contributed by atoms with van der Waals surface area (Å²) in [5, 5.41) is 33.4. The Morgan fingerprint density at radius 1 is 0.420 bits per heavy atom. The van der Waals surface area contributed by atoms with Crippen LogP contribution in [0.15, 0.2) is 179 Å². The summed E-state index contributed by atoms with van der Waals surface area (Å²) in [5.41, 5.74) is 13.1. The van der Waals surface area contributed by atoms with E-state index >= 15 is 0 Å². The van der Waals surface area contributed by atoms with Crippen LogP contribution in [0.2, 0.25) is 0 Å². The monoisotopic (exact) mass is 1170 g/mol. The minimum absolute atomic E-state index is 0.0503. The number of nitrogens with zero attached hydrogens (tertiary/aromatic N) is 4. The number of Topliss-reactive ketones (excluding diaryl/α,β-unsaturated/α-hetero) is 2. The molecule has 4 aliphatic heterocycles. The van der Waals surface area contributed by atoms with Gasteiger partial charge in [-0.25, -0.2) is 0 Å². The summed E-state index contributed by atoms with van der Waals surface area (Å²) in [6, 6.07) is 39.6. The van der Waals surface area contributed by atoms with Crippen molar-refractivity contribution in [3.05, 3.63) is 201 Å². The Bertz CT molecular complexity index is 4160. The van der Waals surface area contributed by atoms with E-state index in [2.05, 4.69) is 211 Å². The second-order valence-corrected chi connectivity index (χ2v) is 28.2. The van der Waals surface area contributed by atoms with Crippen LogP contribution in [-0.4, -0.2) is 69.5 Å². The van der Waals surface area contributed by atoms with Crippen molar-refractivity contribution in [2.24, 2.45) is 0 Å². The molecule has 450 valence electrons. The summed E-state index contributed by atoms with van der Waals surface area (Å²) < 4.78 is 4.44. The highest BCUT2D eigenvalue weighted by atomic mass is 16.3. The number of unbranched alkanes of at least 4 members (excludes halogenated alkanes) is 10. The number of anilines is 2. The molecule has 0 amide bonds. The van der Waals surface area contributed by atoms with E-state index < -0.39 is 21.7 Å². The van der Waals surface area contributed by atoms with Crippen LogP contribution in [0.1, 0.15) is 169 Å². The summed E-state index contributed by atoms with van der Waals surface area (Å²) in [4.78, 5) is 34.0. The third-order valence-corrected chi connectivity index (χ3v) is 21.2. The zero-order valence-electron chi connectivity index (χ0n) is 54.1. The van der Waals surface area contributed by atoms with Crippen molar-refractivity contribution in [3.63, 3.8) is 0 Å². The third-order valence-electron chi connectivity index (χ3n) is 21.2. The smallest absolute Gasteiger partial charge is 0.217 e. The van der Waals surface area contributed by atoms with Gasteiger partial charge in [-0.1, -0.05) is 191 Å². The number of aliphatic hydroxyl groups is 2. The molecule has 0 radical (unpaired) electrons. The molecule has 13 rings (SSSR count). The number of hydrogen-bond acceptors (Lipinski definition) is 6. The van der Waals surface area contributed by atoms with E-state index in [1.807, 2.05) is 24.3 Å². The highest BCUT2D eigenvalue weighted by Gasteiger charge is 2.50. The Morgan fingerprint density at radius 3 is 1.17 bits per heavy atom. The van der Waals surface area contributed by atoms with E-state index in [-0.39, 0.29) is 23.1 Å². The quantitative estimate of drug-likeness (QED) is 0.0385.